The molecule has 0 radical (unpaired) electrons. The zero-order chi connectivity index (χ0) is 25.4. The van der Waals surface area contributed by atoms with Crippen LogP contribution >= 0.6 is 0 Å². The number of carboxylic acid groups (broad SMARTS) is 1. The number of carboxylic acids is 1. The molecule has 0 spiro atoms. The number of para-hydroxylation sites is 1. The maximum absolute atomic E-state index is 13.5. The molecule has 2 amide bonds. The van der Waals surface area contributed by atoms with Gasteiger partial charge in [0.2, 0.25) is 5.82 Å². The van der Waals surface area contributed by atoms with E-state index >= 15 is 0 Å². The van der Waals surface area contributed by atoms with E-state index in [2.05, 4.69) is 5.32 Å². The standard InChI is InChI=1S/C27H30N4O5/c1-16-11-12-20-21(30(16)27(35)36-2)13-14-22-23(20)29-24(25(32)28-18-8-4-3-5-9-18)31(22)19-10-6-7-17(15-19)26(33)34/h3-5,8-9,13-14,16-17,19H,6-7,10-12,15H2,1-2H3,(H,28,32)(H,33,34)/t16-,17+,19+/m0/s1. The molecule has 2 N–H and O–H groups in total. The van der Waals surface area contributed by atoms with Gasteiger partial charge in [-0.2, -0.15) is 0 Å². The Balaban J connectivity index is 1.65. The van der Waals surface area contributed by atoms with E-state index < -0.39 is 18.0 Å². The summed E-state index contributed by atoms with van der Waals surface area (Å²) in [6, 6.07) is 12.8. The van der Waals surface area contributed by atoms with Gasteiger partial charge in [0, 0.05) is 23.3 Å². The molecular weight excluding hydrogens is 460 g/mol. The number of aromatic nitrogens is 2. The minimum atomic E-state index is -0.806. The maximum Gasteiger partial charge on any atom is 0.414 e. The summed E-state index contributed by atoms with van der Waals surface area (Å²) < 4.78 is 6.95. The number of methoxy groups -OCH3 is 1. The van der Waals surface area contributed by atoms with Crippen molar-refractivity contribution in [2.75, 3.05) is 17.3 Å². The predicted molar refractivity (Wildman–Crippen MR) is 135 cm³/mol. The van der Waals surface area contributed by atoms with Gasteiger partial charge in [0.15, 0.2) is 0 Å². The second-order valence-corrected chi connectivity index (χ2v) is 9.64. The Labute approximate surface area is 209 Å². The molecule has 188 valence electrons. The molecule has 2 heterocycles. The highest BCUT2D eigenvalue weighted by molar-refractivity contribution is 6.05. The van der Waals surface area contributed by atoms with E-state index in [1.807, 2.05) is 54.0 Å². The minimum absolute atomic E-state index is 0.0278. The number of nitrogens with zero attached hydrogens (tertiary/aromatic N) is 3. The number of imidazole rings is 1. The smallest absolute Gasteiger partial charge is 0.414 e. The summed E-state index contributed by atoms with van der Waals surface area (Å²) in [5.41, 5.74) is 3.74. The largest absolute Gasteiger partial charge is 0.481 e. The Kier molecular flexibility index (Phi) is 6.38. The lowest BCUT2D eigenvalue weighted by atomic mass is 9.85. The van der Waals surface area contributed by atoms with Crippen molar-refractivity contribution in [2.24, 2.45) is 5.92 Å². The van der Waals surface area contributed by atoms with Crippen LogP contribution < -0.4 is 10.2 Å². The Morgan fingerprint density at radius 3 is 2.58 bits per heavy atom. The van der Waals surface area contributed by atoms with Crippen molar-refractivity contribution in [2.45, 2.75) is 57.5 Å². The van der Waals surface area contributed by atoms with Crippen LogP contribution in [0.4, 0.5) is 16.2 Å². The van der Waals surface area contributed by atoms with Crippen LogP contribution in [0.2, 0.25) is 0 Å². The fourth-order valence-corrected chi connectivity index (χ4v) is 5.64. The van der Waals surface area contributed by atoms with Crippen LogP contribution in [0.3, 0.4) is 0 Å². The average molecular weight is 491 g/mol. The summed E-state index contributed by atoms with van der Waals surface area (Å²) in [5.74, 6) is -1.36. The predicted octanol–water partition coefficient (Wildman–Crippen LogP) is 5.01. The highest BCUT2D eigenvalue weighted by Gasteiger charge is 2.35. The number of amides is 2. The second-order valence-electron chi connectivity index (χ2n) is 9.64. The van der Waals surface area contributed by atoms with Crippen LogP contribution in [0.25, 0.3) is 11.0 Å². The first-order valence-electron chi connectivity index (χ1n) is 12.4. The molecule has 2 aliphatic rings. The quantitative estimate of drug-likeness (QED) is 0.531. The van der Waals surface area contributed by atoms with Gasteiger partial charge in [0.25, 0.3) is 5.91 Å². The average Bonchev–Trinajstić information content (AvgIpc) is 3.29. The lowest BCUT2D eigenvalue weighted by Gasteiger charge is -2.34. The van der Waals surface area contributed by atoms with Gasteiger partial charge in [-0.15, -0.1) is 0 Å². The van der Waals surface area contributed by atoms with Gasteiger partial charge in [0.1, 0.15) is 0 Å². The summed E-state index contributed by atoms with van der Waals surface area (Å²) in [4.78, 5) is 44.3. The van der Waals surface area contributed by atoms with Gasteiger partial charge in [0.05, 0.1) is 29.7 Å². The number of hydrogen-bond acceptors (Lipinski definition) is 5. The topological polar surface area (TPSA) is 114 Å². The number of nitrogens with one attached hydrogen (secondary N) is 1. The first-order valence-corrected chi connectivity index (χ1v) is 12.4. The van der Waals surface area contributed by atoms with Crippen LogP contribution in [0.5, 0.6) is 0 Å². The normalized spacial score (nSPS) is 21.6. The molecule has 1 aliphatic carbocycles. The molecule has 3 aromatic rings. The molecule has 9 nitrogen and oxygen atoms in total. The number of anilines is 2. The summed E-state index contributed by atoms with van der Waals surface area (Å²) >= 11 is 0. The third-order valence-electron chi connectivity index (χ3n) is 7.42. The second kappa shape index (κ2) is 9.64. The maximum atomic E-state index is 13.5. The fraction of sp³-hybridized carbons (Fsp3) is 0.407. The van der Waals surface area contributed by atoms with Gasteiger partial charge in [-0.1, -0.05) is 24.6 Å². The fourth-order valence-electron chi connectivity index (χ4n) is 5.64. The molecule has 5 rings (SSSR count). The molecule has 1 saturated carbocycles. The number of hydrogen-bond donors (Lipinski definition) is 2. The van der Waals surface area contributed by atoms with E-state index in [0.717, 1.165) is 36.0 Å². The van der Waals surface area contributed by atoms with Gasteiger partial charge >= 0.3 is 12.1 Å². The highest BCUT2D eigenvalue weighted by atomic mass is 16.5. The van der Waals surface area contributed by atoms with E-state index in [9.17, 15) is 19.5 Å². The van der Waals surface area contributed by atoms with Crippen LogP contribution in [-0.4, -0.2) is 45.8 Å². The molecule has 0 bridgehead atoms. The number of benzene rings is 2. The van der Waals surface area contributed by atoms with Crippen LogP contribution in [0.15, 0.2) is 42.5 Å². The van der Waals surface area contributed by atoms with Crippen molar-refractivity contribution < 1.29 is 24.2 Å². The number of carbonyl (C=O) groups is 3. The van der Waals surface area contributed by atoms with Crippen LogP contribution in [0.1, 0.15) is 61.3 Å². The van der Waals surface area contributed by atoms with Gasteiger partial charge in [-0.3, -0.25) is 14.5 Å². The lowest BCUT2D eigenvalue weighted by molar-refractivity contribution is -0.143. The van der Waals surface area contributed by atoms with E-state index in [4.69, 9.17) is 9.72 Å². The number of rotatable bonds is 4. The molecule has 36 heavy (non-hydrogen) atoms. The van der Waals surface area contributed by atoms with E-state index in [0.29, 0.717) is 30.5 Å². The van der Waals surface area contributed by atoms with Crippen molar-refractivity contribution in [3.05, 3.63) is 53.9 Å². The number of aryl methyl sites for hydroxylation is 1. The first-order chi connectivity index (χ1) is 17.4. The van der Waals surface area contributed by atoms with Crippen molar-refractivity contribution >= 4 is 40.4 Å². The number of carbonyl (C=O) groups excluding carboxylic acids is 2. The molecular formula is C27H30N4O5. The monoisotopic (exact) mass is 490 g/mol. The molecule has 1 aromatic heterocycles. The molecule has 0 saturated heterocycles. The molecule has 0 unspecified atom stereocenters. The zero-order valence-electron chi connectivity index (χ0n) is 20.4. The number of aliphatic carboxylic acids is 1. The van der Waals surface area contributed by atoms with Gasteiger partial charge in [-0.05, 0) is 63.3 Å². The first kappa shape index (κ1) is 23.8. The van der Waals surface area contributed by atoms with Crippen LogP contribution in [-0.2, 0) is 16.0 Å². The van der Waals surface area contributed by atoms with Crippen molar-refractivity contribution in [3.63, 3.8) is 0 Å². The number of fused-ring (bicyclic) bond motifs is 3. The molecule has 2 aromatic carbocycles. The zero-order valence-corrected chi connectivity index (χ0v) is 20.4. The Morgan fingerprint density at radius 2 is 1.86 bits per heavy atom. The van der Waals surface area contributed by atoms with Gasteiger partial charge in [-0.25, -0.2) is 9.78 Å². The van der Waals surface area contributed by atoms with Crippen molar-refractivity contribution in [1.29, 1.82) is 0 Å². The third kappa shape index (κ3) is 4.19. The SMILES string of the molecule is COC(=O)N1c2ccc3c(nc(C(=O)Nc4ccccc4)n3[C@@H]3CCC[C@@H](C(=O)O)C3)c2CC[C@@H]1C. The minimum Gasteiger partial charge on any atom is -0.481 e. The Morgan fingerprint density at radius 1 is 1.08 bits per heavy atom. The third-order valence-corrected chi connectivity index (χ3v) is 7.42. The lowest BCUT2D eigenvalue weighted by Crippen LogP contribution is -2.42. The summed E-state index contributed by atoms with van der Waals surface area (Å²) in [6.07, 6.45) is 3.62. The van der Waals surface area contributed by atoms with Crippen molar-refractivity contribution in [3.8, 4) is 0 Å². The van der Waals surface area contributed by atoms with E-state index in [1.165, 1.54) is 7.11 Å². The summed E-state index contributed by atoms with van der Waals surface area (Å²) in [7, 11) is 1.37. The number of ether oxygens (including phenoxy) is 1. The molecule has 1 fully saturated rings. The Hall–Kier alpha value is -3.88. The summed E-state index contributed by atoms with van der Waals surface area (Å²) in [5, 5.41) is 12.6. The van der Waals surface area contributed by atoms with Crippen LogP contribution in [0, 0.1) is 5.92 Å². The molecule has 9 heteroatoms. The Bertz CT molecular complexity index is 1320. The summed E-state index contributed by atoms with van der Waals surface area (Å²) in [6.45, 7) is 1.98. The highest BCUT2D eigenvalue weighted by Crippen LogP contribution is 2.40. The van der Waals surface area contributed by atoms with E-state index in [1.54, 1.807) is 4.90 Å². The molecule has 1 aliphatic heterocycles. The van der Waals surface area contributed by atoms with Gasteiger partial charge < -0.3 is 19.7 Å². The van der Waals surface area contributed by atoms with Crippen molar-refractivity contribution in [1.82, 2.24) is 9.55 Å². The molecule has 3 atom stereocenters. The van der Waals surface area contributed by atoms with E-state index in [-0.39, 0.29) is 23.8 Å².